The van der Waals surface area contributed by atoms with Crippen molar-refractivity contribution in [3.63, 3.8) is 0 Å². The van der Waals surface area contributed by atoms with Crippen molar-refractivity contribution in [2.24, 2.45) is 0 Å². The number of hydrogen-bond donors (Lipinski definition) is 0. The Labute approximate surface area is 153 Å². The fourth-order valence-corrected chi connectivity index (χ4v) is 5.60. The van der Waals surface area contributed by atoms with Gasteiger partial charge in [-0.05, 0) is 29.5 Å². The van der Waals surface area contributed by atoms with Crippen LogP contribution in [0.25, 0.3) is 5.70 Å². The van der Waals surface area contributed by atoms with Crippen LogP contribution in [-0.2, 0) is 11.2 Å². The van der Waals surface area contributed by atoms with Crippen molar-refractivity contribution >= 4 is 45.2 Å². The highest BCUT2D eigenvalue weighted by Gasteiger charge is 2.30. The molecule has 3 heterocycles. The van der Waals surface area contributed by atoms with Crippen LogP contribution in [0.4, 0.5) is 5.00 Å². The van der Waals surface area contributed by atoms with E-state index < -0.39 is 16.1 Å². The number of hydrogen-bond acceptors (Lipinski definition) is 9. The summed E-state index contributed by atoms with van der Waals surface area (Å²) in [6, 6.07) is 5.55. The van der Waals surface area contributed by atoms with Gasteiger partial charge in [0, 0.05) is 28.7 Å². The summed E-state index contributed by atoms with van der Waals surface area (Å²) in [5.74, 6) is 1.63. The third kappa shape index (κ3) is 3.40. The minimum absolute atomic E-state index is 0.0207. The van der Waals surface area contributed by atoms with E-state index >= 15 is 0 Å². The Hall–Kier alpha value is -1.95. The van der Waals surface area contributed by atoms with Crippen molar-refractivity contribution in [1.29, 1.82) is 0 Å². The van der Waals surface area contributed by atoms with Crippen LogP contribution in [0.1, 0.15) is 5.56 Å². The van der Waals surface area contributed by atoms with Crippen LogP contribution in [0.5, 0.6) is 11.5 Å². The summed E-state index contributed by atoms with van der Waals surface area (Å²) in [6.07, 6.45) is 1.23. The van der Waals surface area contributed by atoms with Crippen LogP contribution in [0.15, 0.2) is 34.1 Å². The van der Waals surface area contributed by atoms with E-state index in [1.807, 2.05) is 22.5 Å². The fraction of sp³-hybridized carbons (Fsp3) is 0.214. The second-order valence-corrected chi connectivity index (χ2v) is 8.60. The third-order valence-electron chi connectivity index (χ3n) is 3.43. The number of nitrogens with zero attached hydrogens (tertiary/aromatic N) is 3. The van der Waals surface area contributed by atoms with Gasteiger partial charge in [-0.3, -0.25) is 14.4 Å². The molecule has 0 amide bonds. The lowest BCUT2D eigenvalue weighted by Crippen LogP contribution is -2.16. The monoisotopic (exact) mass is 397 g/mol. The van der Waals surface area contributed by atoms with Crippen molar-refractivity contribution in [3.8, 4) is 11.5 Å². The number of thiazole rings is 1. The van der Waals surface area contributed by atoms with E-state index in [0.29, 0.717) is 34.9 Å². The number of rotatable bonds is 4. The summed E-state index contributed by atoms with van der Waals surface area (Å²) in [7, 11) is 0. The van der Waals surface area contributed by atoms with E-state index in [0.717, 1.165) is 22.6 Å². The topological polar surface area (TPSA) is 101 Å². The molecule has 0 aliphatic carbocycles. The first-order chi connectivity index (χ1) is 12.1. The molecule has 0 N–H and O–H groups in total. The van der Waals surface area contributed by atoms with Crippen LogP contribution in [0, 0.1) is 10.1 Å². The summed E-state index contributed by atoms with van der Waals surface area (Å²) in [5, 5.41) is 12.4. The van der Waals surface area contributed by atoms with Gasteiger partial charge in [-0.15, -0.1) is 0 Å². The van der Waals surface area contributed by atoms with E-state index in [4.69, 9.17) is 9.47 Å². The number of fused-ring (bicyclic) bond motifs is 1. The smallest absolute Gasteiger partial charge is 0.344 e. The van der Waals surface area contributed by atoms with Crippen LogP contribution >= 0.6 is 23.3 Å². The lowest BCUT2D eigenvalue weighted by Gasteiger charge is -2.20. The molecule has 0 saturated heterocycles. The van der Waals surface area contributed by atoms with Gasteiger partial charge in [-0.2, -0.15) is 0 Å². The zero-order valence-corrected chi connectivity index (χ0v) is 15.1. The molecule has 25 heavy (non-hydrogen) atoms. The maximum atomic E-state index is 12.0. The Balaban J connectivity index is 1.58. The quantitative estimate of drug-likeness (QED) is 0.336. The Morgan fingerprint density at radius 3 is 2.88 bits per heavy atom. The molecular weight excluding hydrogens is 386 g/mol. The molecule has 4 rings (SSSR count). The van der Waals surface area contributed by atoms with Gasteiger partial charge < -0.3 is 14.0 Å². The Bertz CT molecular complexity index is 856. The largest absolute Gasteiger partial charge is 0.610 e. The summed E-state index contributed by atoms with van der Waals surface area (Å²) in [4.78, 5) is 14.4. The van der Waals surface area contributed by atoms with E-state index in [9.17, 15) is 14.7 Å². The van der Waals surface area contributed by atoms with Gasteiger partial charge in [0.25, 0.3) is 0 Å². The molecule has 0 radical (unpaired) electrons. The standard InChI is InChI=1S/C14H11N3O5S3/c18-17(19)13-6-15-14(23-13)24-16-8-25(20)7-10(16)9-1-2-11-12(5-9)22-4-3-21-11/h1-2,5-7H,3-4,8H2. The molecular formula is C14H11N3O5S3. The molecule has 2 aliphatic rings. The maximum absolute atomic E-state index is 12.0. The average Bonchev–Trinajstić information content (AvgIpc) is 3.21. The number of aromatic nitrogens is 1. The molecule has 1 unspecified atom stereocenters. The van der Waals surface area contributed by atoms with E-state index in [1.165, 1.54) is 18.1 Å². The van der Waals surface area contributed by atoms with E-state index in [2.05, 4.69) is 4.98 Å². The highest BCUT2D eigenvalue weighted by molar-refractivity contribution is 8.01. The molecule has 8 nitrogen and oxygen atoms in total. The Morgan fingerprint density at radius 1 is 1.32 bits per heavy atom. The van der Waals surface area contributed by atoms with Crippen molar-refractivity contribution in [1.82, 2.24) is 9.29 Å². The first-order valence-corrected chi connectivity index (χ1v) is 10.1. The molecule has 2 aliphatic heterocycles. The van der Waals surface area contributed by atoms with Crippen LogP contribution in [0.2, 0.25) is 0 Å². The van der Waals surface area contributed by atoms with Gasteiger partial charge in [0.2, 0.25) is 0 Å². The van der Waals surface area contributed by atoms with Crippen molar-refractivity contribution in [2.45, 2.75) is 4.34 Å². The molecule has 0 spiro atoms. The molecule has 130 valence electrons. The second-order valence-electron chi connectivity index (χ2n) is 5.06. The normalized spacial score (nSPS) is 19.0. The minimum atomic E-state index is -1.15. The lowest BCUT2D eigenvalue weighted by molar-refractivity contribution is -0.380. The summed E-state index contributed by atoms with van der Waals surface area (Å²) >= 11 is 1.08. The molecule has 0 fully saturated rings. The lowest BCUT2D eigenvalue weighted by atomic mass is 10.1. The zero-order valence-electron chi connectivity index (χ0n) is 12.6. The van der Waals surface area contributed by atoms with Gasteiger partial charge in [0.05, 0.1) is 4.92 Å². The molecule has 0 bridgehead atoms. The highest BCUT2D eigenvalue weighted by atomic mass is 32.2. The van der Waals surface area contributed by atoms with Crippen molar-refractivity contribution in [3.05, 3.63) is 45.5 Å². The molecule has 1 atom stereocenters. The average molecular weight is 397 g/mol. The van der Waals surface area contributed by atoms with Gasteiger partial charge in [0.15, 0.2) is 21.7 Å². The van der Waals surface area contributed by atoms with E-state index in [1.54, 1.807) is 5.41 Å². The van der Waals surface area contributed by atoms with Crippen LogP contribution < -0.4 is 9.47 Å². The molecule has 11 heteroatoms. The van der Waals surface area contributed by atoms with Crippen LogP contribution in [-0.4, -0.2) is 37.9 Å². The van der Waals surface area contributed by atoms with Gasteiger partial charge >= 0.3 is 5.00 Å². The van der Waals surface area contributed by atoms with Crippen LogP contribution in [0.3, 0.4) is 0 Å². The Morgan fingerprint density at radius 2 is 2.12 bits per heavy atom. The van der Waals surface area contributed by atoms with Crippen molar-refractivity contribution in [2.75, 3.05) is 19.1 Å². The van der Waals surface area contributed by atoms with E-state index in [-0.39, 0.29) is 5.00 Å². The van der Waals surface area contributed by atoms with Gasteiger partial charge in [-0.1, -0.05) is 0 Å². The first-order valence-electron chi connectivity index (χ1n) is 7.15. The Kier molecular flexibility index (Phi) is 4.46. The number of benzene rings is 1. The predicted octanol–water partition coefficient (Wildman–Crippen LogP) is 2.85. The zero-order chi connectivity index (χ0) is 17.4. The number of ether oxygens (including phenoxy) is 2. The fourth-order valence-electron chi connectivity index (χ4n) is 2.37. The number of nitro groups is 1. The highest BCUT2D eigenvalue weighted by Crippen LogP contribution is 2.41. The van der Waals surface area contributed by atoms with Gasteiger partial charge in [-0.25, -0.2) is 4.98 Å². The molecule has 1 aromatic heterocycles. The summed E-state index contributed by atoms with van der Waals surface area (Å²) < 4.78 is 25.5. The molecule has 2 aromatic rings. The maximum Gasteiger partial charge on any atom is 0.344 e. The van der Waals surface area contributed by atoms with Crippen molar-refractivity contribution < 1.29 is 18.9 Å². The summed E-state index contributed by atoms with van der Waals surface area (Å²) in [6.45, 7) is 1.01. The summed E-state index contributed by atoms with van der Waals surface area (Å²) in [5.41, 5.74) is 1.60. The van der Waals surface area contributed by atoms with Gasteiger partial charge in [0.1, 0.15) is 30.5 Å². The molecule has 0 saturated carbocycles. The third-order valence-corrected chi connectivity index (χ3v) is 6.62. The predicted molar refractivity (Wildman–Crippen MR) is 94.9 cm³/mol. The first kappa shape index (κ1) is 16.5. The minimum Gasteiger partial charge on any atom is -0.610 e. The second kappa shape index (κ2) is 6.75. The molecule has 1 aromatic carbocycles. The SMILES string of the molecule is O=[N+]([O-])c1cnc(SN2C[S+]([O-])C=C2c2ccc3c(c2)OCCO3)s1.